The van der Waals surface area contributed by atoms with E-state index in [-0.39, 0.29) is 11.2 Å². The Hall–Kier alpha value is -3.03. The molecule has 0 saturated carbocycles. The number of likely N-dealkylation sites (tertiary alicyclic amines) is 1. The molecule has 1 saturated heterocycles. The predicted octanol–water partition coefficient (Wildman–Crippen LogP) is 5.33. The van der Waals surface area contributed by atoms with Crippen LogP contribution >= 0.6 is 11.3 Å². The number of benzene rings is 2. The van der Waals surface area contributed by atoms with Gasteiger partial charge in [0.05, 0.1) is 17.7 Å². The number of nitrogens with one attached hydrogen (secondary N) is 2. The summed E-state index contributed by atoms with van der Waals surface area (Å²) >= 11 is 1.53. The summed E-state index contributed by atoms with van der Waals surface area (Å²) in [5, 5.41) is 5.99. The first-order valence-electron chi connectivity index (χ1n) is 10.5. The molecule has 1 aliphatic heterocycles. The van der Waals surface area contributed by atoms with E-state index in [0.29, 0.717) is 5.69 Å². The molecule has 0 bridgehead atoms. The van der Waals surface area contributed by atoms with Gasteiger partial charge in [-0.05, 0) is 43.6 Å². The molecule has 0 unspecified atom stereocenters. The smallest absolute Gasteiger partial charge is 0.187 e. The topological polar surface area (TPSA) is 56.8 Å². The maximum Gasteiger partial charge on any atom is 0.187 e. The second-order valence-electron chi connectivity index (χ2n) is 7.94. The highest BCUT2D eigenvalue weighted by molar-refractivity contribution is 7.13. The zero-order valence-corrected chi connectivity index (χ0v) is 17.9. The van der Waals surface area contributed by atoms with E-state index < -0.39 is 0 Å². The van der Waals surface area contributed by atoms with E-state index in [0.717, 1.165) is 49.0 Å². The normalized spacial score (nSPS) is 16.3. The second kappa shape index (κ2) is 8.61. The second-order valence-corrected chi connectivity index (χ2v) is 8.80. The number of thiazole rings is 1. The molecule has 5 rings (SSSR count). The van der Waals surface area contributed by atoms with Crippen molar-refractivity contribution in [3.8, 4) is 0 Å². The Bertz CT molecular complexity index is 1120. The maximum absolute atomic E-state index is 14.1. The van der Waals surface area contributed by atoms with E-state index in [2.05, 4.69) is 55.9 Å². The predicted molar refractivity (Wildman–Crippen MR) is 122 cm³/mol. The molecule has 0 atom stereocenters. The number of anilines is 2. The molecule has 1 aliphatic rings. The van der Waals surface area contributed by atoms with E-state index in [1.54, 1.807) is 18.5 Å². The van der Waals surface area contributed by atoms with E-state index in [1.807, 2.05) is 12.3 Å². The van der Waals surface area contributed by atoms with Crippen LogP contribution in [0, 0.1) is 5.82 Å². The van der Waals surface area contributed by atoms with Crippen LogP contribution in [0.3, 0.4) is 0 Å². The van der Waals surface area contributed by atoms with Gasteiger partial charge in [0, 0.05) is 29.2 Å². The number of para-hydroxylation sites is 1. The van der Waals surface area contributed by atoms with Crippen molar-refractivity contribution >= 4 is 22.2 Å². The molecule has 1 fully saturated rings. The van der Waals surface area contributed by atoms with Crippen LogP contribution in [-0.2, 0) is 12.0 Å². The van der Waals surface area contributed by atoms with Gasteiger partial charge in [-0.3, -0.25) is 4.90 Å². The van der Waals surface area contributed by atoms with E-state index in [4.69, 9.17) is 4.98 Å². The first-order valence-corrected chi connectivity index (χ1v) is 11.3. The number of hydrogen-bond acceptors (Lipinski definition) is 5. The number of piperidine rings is 1. The zero-order valence-electron chi connectivity index (χ0n) is 17.1. The highest BCUT2D eigenvalue weighted by Gasteiger charge is 2.39. The third kappa shape index (κ3) is 4.11. The Morgan fingerprint density at radius 1 is 1.06 bits per heavy atom. The fraction of sp³-hybridized carbons (Fsp3) is 0.250. The zero-order chi connectivity index (χ0) is 21.1. The molecular formula is C24H24FN5S. The SMILES string of the molecule is Fc1ccccc1Nc1nc(C2(c3ccccc3)CCN(Cc3cnc[nH]3)CC2)cs1. The number of H-pyrrole nitrogens is 1. The van der Waals surface area contributed by atoms with E-state index >= 15 is 0 Å². The fourth-order valence-electron chi connectivity index (χ4n) is 4.38. The van der Waals surface area contributed by atoms with Gasteiger partial charge in [0.2, 0.25) is 0 Å². The lowest BCUT2D eigenvalue weighted by atomic mass is 9.70. The Kier molecular flexibility index (Phi) is 5.53. The fourth-order valence-corrected chi connectivity index (χ4v) is 5.21. The summed E-state index contributed by atoms with van der Waals surface area (Å²) in [5.74, 6) is -0.274. The van der Waals surface area contributed by atoms with Crippen molar-refractivity contribution in [2.24, 2.45) is 0 Å². The number of aromatic amines is 1. The molecular weight excluding hydrogens is 409 g/mol. The largest absolute Gasteiger partial charge is 0.347 e. The van der Waals surface area contributed by atoms with E-state index in [9.17, 15) is 4.39 Å². The lowest BCUT2D eigenvalue weighted by Gasteiger charge is -2.41. The van der Waals surface area contributed by atoms with Gasteiger partial charge < -0.3 is 10.3 Å². The van der Waals surface area contributed by atoms with Crippen LogP contribution < -0.4 is 5.32 Å². The minimum absolute atomic E-state index is 0.141. The van der Waals surface area contributed by atoms with Gasteiger partial charge in [0.25, 0.3) is 0 Å². The number of hydrogen-bond donors (Lipinski definition) is 2. The van der Waals surface area contributed by atoms with Gasteiger partial charge in [-0.25, -0.2) is 14.4 Å². The molecule has 158 valence electrons. The summed E-state index contributed by atoms with van der Waals surface area (Å²) in [4.78, 5) is 14.7. The van der Waals surface area contributed by atoms with Crippen LogP contribution in [0.15, 0.2) is 72.5 Å². The monoisotopic (exact) mass is 433 g/mol. The highest BCUT2D eigenvalue weighted by atomic mass is 32.1. The van der Waals surface area contributed by atoms with E-state index in [1.165, 1.54) is 23.0 Å². The Morgan fingerprint density at radius 2 is 1.84 bits per heavy atom. The van der Waals surface area contributed by atoms with Crippen molar-refractivity contribution in [3.05, 3.63) is 95.3 Å². The van der Waals surface area contributed by atoms with Crippen molar-refractivity contribution < 1.29 is 4.39 Å². The Balaban J connectivity index is 1.40. The number of aromatic nitrogens is 3. The molecule has 3 heterocycles. The molecule has 5 nitrogen and oxygen atoms in total. The molecule has 4 aromatic rings. The third-order valence-electron chi connectivity index (χ3n) is 6.09. The van der Waals surface area contributed by atoms with Gasteiger partial charge in [0.15, 0.2) is 5.13 Å². The maximum atomic E-state index is 14.1. The number of halogens is 1. The van der Waals surface area contributed by atoms with Crippen LogP contribution in [0.25, 0.3) is 0 Å². The molecule has 2 aromatic heterocycles. The van der Waals surface area contributed by atoms with Crippen molar-refractivity contribution in [2.75, 3.05) is 18.4 Å². The molecule has 0 amide bonds. The Labute approximate surface area is 185 Å². The minimum atomic E-state index is -0.274. The Morgan fingerprint density at radius 3 is 2.58 bits per heavy atom. The lowest BCUT2D eigenvalue weighted by molar-refractivity contribution is 0.169. The number of rotatable bonds is 6. The average Bonchev–Trinajstić information content (AvgIpc) is 3.49. The van der Waals surface area contributed by atoms with Gasteiger partial charge in [-0.1, -0.05) is 42.5 Å². The van der Waals surface area contributed by atoms with Crippen molar-refractivity contribution in [3.63, 3.8) is 0 Å². The quantitative estimate of drug-likeness (QED) is 0.431. The van der Waals surface area contributed by atoms with Gasteiger partial charge in [-0.2, -0.15) is 0 Å². The number of imidazole rings is 1. The summed E-state index contributed by atoms with van der Waals surface area (Å²) in [6.45, 7) is 2.82. The lowest BCUT2D eigenvalue weighted by Crippen LogP contribution is -2.43. The standard InChI is InChI=1S/C24H24FN5S/c25-20-8-4-5-9-21(20)28-23-29-22(16-31-23)24(18-6-2-1-3-7-18)10-12-30(13-11-24)15-19-14-26-17-27-19/h1-9,14,16-17H,10-13,15H2,(H,26,27)(H,28,29). The van der Waals surface area contributed by atoms with Gasteiger partial charge >= 0.3 is 0 Å². The first-order chi connectivity index (χ1) is 15.2. The van der Waals surface area contributed by atoms with Crippen LogP contribution in [-0.4, -0.2) is 32.9 Å². The minimum Gasteiger partial charge on any atom is -0.347 e. The van der Waals surface area contributed by atoms with Crippen molar-refractivity contribution in [1.82, 2.24) is 19.9 Å². The molecule has 0 radical (unpaired) electrons. The van der Waals surface area contributed by atoms with Crippen molar-refractivity contribution in [1.29, 1.82) is 0 Å². The molecule has 2 aromatic carbocycles. The molecule has 2 N–H and O–H groups in total. The summed E-state index contributed by atoms with van der Waals surface area (Å²) in [5.41, 5.74) is 3.80. The van der Waals surface area contributed by atoms with Crippen LogP contribution in [0.2, 0.25) is 0 Å². The summed E-state index contributed by atoms with van der Waals surface area (Å²) in [7, 11) is 0. The third-order valence-corrected chi connectivity index (χ3v) is 6.85. The summed E-state index contributed by atoms with van der Waals surface area (Å²) < 4.78 is 14.1. The summed E-state index contributed by atoms with van der Waals surface area (Å²) in [6, 6.07) is 17.3. The van der Waals surface area contributed by atoms with Gasteiger partial charge in [-0.15, -0.1) is 11.3 Å². The van der Waals surface area contributed by atoms with Crippen molar-refractivity contribution in [2.45, 2.75) is 24.8 Å². The molecule has 0 spiro atoms. The number of nitrogens with zero attached hydrogens (tertiary/aromatic N) is 3. The molecule has 31 heavy (non-hydrogen) atoms. The summed E-state index contributed by atoms with van der Waals surface area (Å²) in [6.07, 6.45) is 5.58. The molecule has 7 heteroatoms. The first kappa shape index (κ1) is 19.9. The van der Waals surface area contributed by atoms with Crippen LogP contribution in [0.1, 0.15) is 29.8 Å². The van der Waals surface area contributed by atoms with Crippen LogP contribution in [0.5, 0.6) is 0 Å². The van der Waals surface area contributed by atoms with Gasteiger partial charge in [0.1, 0.15) is 5.82 Å². The van der Waals surface area contributed by atoms with Crippen LogP contribution in [0.4, 0.5) is 15.2 Å². The average molecular weight is 434 g/mol. The highest BCUT2D eigenvalue weighted by Crippen LogP contribution is 2.43. The molecule has 0 aliphatic carbocycles.